The van der Waals surface area contributed by atoms with Crippen molar-refractivity contribution in [3.05, 3.63) is 35.6 Å². The zero-order valence-electron chi connectivity index (χ0n) is 9.72. The number of halogens is 2. The monoisotopic (exact) mass is 349 g/mol. The Kier molecular flexibility index (Phi) is 7.16. The van der Waals surface area contributed by atoms with Crippen molar-refractivity contribution in [3.8, 4) is 0 Å². The molecule has 0 aliphatic heterocycles. The predicted octanol–water partition coefficient (Wildman–Crippen LogP) is 3.09. The average molecular weight is 349 g/mol. The molecule has 0 saturated heterocycles. The number of unbranched alkanes of at least 4 members (excludes halogenated alkanes) is 2. The Bertz CT molecular complexity index is 357. The summed E-state index contributed by atoms with van der Waals surface area (Å²) in [5, 5.41) is 2.85. The van der Waals surface area contributed by atoms with Crippen LogP contribution in [0.25, 0.3) is 0 Å². The first-order chi connectivity index (χ1) is 8.22. The lowest BCUT2D eigenvalue weighted by Crippen LogP contribution is -2.26. The highest BCUT2D eigenvalue weighted by Crippen LogP contribution is 2.04. The minimum atomic E-state index is -0.294. The molecule has 17 heavy (non-hydrogen) atoms. The number of alkyl halides is 1. The Morgan fingerprint density at radius 2 is 2.12 bits per heavy atom. The van der Waals surface area contributed by atoms with E-state index in [1.807, 2.05) is 0 Å². The lowest BCUT2D eigenvalue weighted by atomic mass is 10.1. The van der Waals surface area contributed by atoms with Crippen LogP contribution in [-0.4, -0.2) is 16.9 Å². The quantitative estimate of drug-likeness (QED) is 0.458. The van der Waals surface area contributed by atoms with E-state index in [1.165, 1.54) is 18.6 Å². The van der Waals surface area contributed by atoms with E-state index in [1.54, 1.807) is 12.1 Å². The van der Waals surface area contributed by atoms with E-state index in [-0.39, 0.29) is 18.1 Å². The van der Waals surface area contributed by atoms with Crippen LogP contribution in [0.3, 0.4) is 0 Å². The molecule has 0 heterocycles. The van der Waals surface area contributed by atoms with Crippen molar-refractivity contribution in [2.45, 2.75) is 25.7 Å². The molecule has 94 valence electrons. The fourth-order valence-corrected chi connectivity index (χ4v) is 2.06. The van der Waals surface area contributed by atoms with E-state index in [2.05, 4.69) is 27.9 Å². The van der Waals surface area contributed by atoms with Crippen LogP contribution in [-0.2, 0) is 11.2 Å². The van der Waals surface area contributed by atoms with Crippen molar-refractivity contribution in [2.24, 2.45) is 0 Å². The Balaban J connectivity index is 2.21. The van der Waals surface area contributed by atoms with Gasteiger partial charge in [-0.3, -0.25) is 4.79 Å². The van der Waals surface area contributed by atoms with Crippen LogP contribution in [0.15, 0.2) is 24.3 Å². The maximum absolute atomic E-state index is 12.9. The van der Waals surface area contributed by atoms with Crippen molar-refractivity contribution in [3.63, 3.8) is 0 Å². The molecule has 2 nitrogen and oxygen atoms in total. The van der Waals surface area contributed by atoms with Gasteiger partial charge in [0.15, 0.2) is 0 Å². The van der Waals surface area contributed by atoms with Gasteiger partial charge in [-0.15, -0.1) is 0 Å². The molecule has 0 aromatic heterocycles. The summed E-state index contributed by atoms with van der Waals surface area (Å²) in [4.78, 5) is 11.5. The number of amides is 1. The van der Waals surface area contributed by atoms with Gasteiger partial charge in [-0.1, -0.05) is 41.1 Å². The molecule has 1 aromatic rings. The first-order valence-electron chi connectivity index (χ1n) is 5.79. The normalized spacial score (nSPS) is 10.2. The maximum atomic E-state index is 12.9. The third-order valence-electron chi connectivity index (χ3n) is 2.39. The standard InChI is InChI=1S/C13H17FINO/c14-12-6-4-5-11(9-12)10-13(17)16-8-3-1-2-7-15/h4-6,9H,1-3,7-8,10H2,(H,16,17). The van der Waals surface area contributed by atoms with Crippen molar-refractivity contribution in [1.82, 2.24) is 5.32 Å². The Morgan fingerprint density at radius 1 is 1.29 bits per heavy atom. The zero-order valence-corrected chi connectivity index (χ0v) is 11.9. The lowest BCUT2D eigenvalue weighted by Gasteiger charge is -2.05. The molecule has 0 saturated carbocycles. The number of hydrogen-bond acceptors (Lipinski definition) is 1. The van der Waals surface area contributed by atoms with Crippen LogP contribution in [0.1, 0.15) is 24.8 Å². The third-order valence-corrected chi connectivity index (χ3v) is 3.15. The fraction of sp³-hybridized carbons (Fsp3) is 0.462. The molecular weight excluding hydrogens is 332 g/mol. The molecule has 0 fully saturated rings. The highest BCUT2D eigenvalue weighted by atomic mass is 127. The summed E-state index contributed by atoms with van der Waals surface area (Å²) >= 11 is 2.35. The number of hydrogen-bond donors (Lipinski definition) is 1. The van der Waals surface area contributed by atoms with Gasteiger partial charge in [0, 0.05) is 6.54 Å². The average Bonchev–Trinajstić information content (AvgIpc) is 2.29. The molecular formula is C13H17FINO. The summed E-state index contributed by atoms with van der Waals surface area (Å²) in [6.45, 7) is 0.713. The van der Waals surface area contributed by atoms with Gasteiger partial charge in [0.25, 0.3) is 0 Å². The van der Waals surface area contributed by atoms with Gasteiger partial charge < -0.3 is 5.32 Å². The Labute approximate surface area is 115 Å². The number of nitrogens with one attached hydrogen (secondary N) is 1. The van der Waals surface area contributed by atoms with Crippen molar-refractivity contribution < 1.29 is 9.18 Å². The van der Waals surface area contributed by atoms with Crippen LogP contribution in [0.5, 0.6) is 0 Å². The molecule has 0 radical (unpaired) electrons. The highest BCUT2D eigenvalue weighted by Gasteiger charge is 2.03. The van der Waals surface area contributed by atoms with E-state index >= 15 is 0 Å². The van der Waals surface area contributed by atoms with Crippen molar-refractivity contribution in [1.29, 1.82) is 0 Å². The molecule has 0 bridgehead atoms. The second-order valence-electron chi connectivity index (χ2n) is 3.91. The minimum absolute atomic E-state index is 0.0370. The van der Waals surface area contributed by atoms with Crippen LogP contribution in [0, 0.1) is 5.82 Å². The second-order valence-corrected chi connectivity index (χ2v) is 4.99. The molecule has 0 spiro atoms. The van der Waals surface area contributed by atoms with Gasteiger partial charge in [-0.05, 0) is 35.0 Å². The summed E-state index contributed by atoms with van der Waals surface area (Å²) < 4.78 is 14.0. The molecule has 0 unspecified atom stereocenters. The molecule has 1 amide bonds. The number of carbonyl (C=O) groups excluding carboxylic acids is 1. The predicted molar refractivity (Wildman–Crippen MR) is 75.9 cm³/mol. The largest absolute Gasteiger partial charge is 0.356 e. The summed E-state index contributed by atoms with van der Waals surface area (Å²) in [6.07, 6.45) is 3.60. The molecule has 1 N–H and O–H groups in total. The lowest BCUT2D eigenvalue weighted by molar-refractivity contribution is -0.120. The first-order valence-corrected chi connectivity index (χ1v) is 7.32. The van der Waals surface area contributed by atoms with Crippen LogP contribution in [0.4, 0.5) is 4.39 Å². The van der Waals surface area contributed by atoms with E-state index in [0.717, 1.165) is 22.8 Å². The van der Waals surface area contributed by atoms with Crippen LogP contribution >= 0.6 is 22.6 Å². The second kappa shape index (κ2) is 8.44. The number of rotatable bonds is 7. The van der Waals surface area contributed by atoms with E-state index in [9.17, 15) is 9.18 Å². The molecule has 1 aromatic carbocycles. The highest BCUT2D eigenvalue weighted by molar-refractivity contribution is 14.1. The number of benzene rings is 1. The number of carbonyl (C=O) groups is 1. The van der Waals surface area contributed by atoms with Gasteiger partial charge in [-0.25, -0.2) is 4.39 Å². The molecule has 1 rings (SSSR count). The molecule has 4 heteroatoms. The summed E-state index contributed by atoms with van der Waals surface area (Å²) in [5.41, 5.74) is 0.717. The Morgan fingerprint density at radius 3 is 2.82 bits per heavy atom. The van der Waals surface area contributed by atoms with E-state index in [4.69, 9.17) is 0 Å². The zero-order chi connectivity index (χ0) is 12.5. The van der Waals surface area contributed by atoms with Gasteiger partial charge >= 0.3 is 0 Å². The third kappa shape index (κ3) is 6.61. The van der Waals surface area contributed by atoms with Gasteiger partial charge in [0.2, 0.25) is 5.91 Å². The van der Waals surface area contributed by atoms with Gasteiger partial charge in [0.1, 0.15) is 5.82 Å². The Hall–Kier alpha value is -0.650. The minimum Gasteiger partial charge on any atom is -0.356 e. The smallest absolute Gasteiger partial charge is 0.224 e. The SMILES string of the molecule is O=C(Cc1cccc(F)c1)NCCCCCI. The molecule has 0 aliphatic rings. The van der Waals surface area contributed by atoms with E-state index in [0.29, 0.717) is 6.54 Å². The first kappa shape index (κ1) is 14.4. The van der Waals surface area contributed by atoms with Gasteiger partial charge in [-0.2, -0.15) is 0 Å². The van der Waals surface area contributed by atoms with Crippen molar-refractivity contribution in [2.75, 3.05) is 11.0 Å². The summed E-state index contributed by atoms with van der Waals surface area (Å²) in [6, 6.07) is 6.16. The van der Waals surface area contributed by atoms with Crippen LogP contribution < -0.4 is 5.32 Å². The van der Waals surface area contributed by atoms with Crippen LogP contribution in [0.2, 0.25) is 0 Å². The van der Waals surface area contributed by atoms with Gasteiger partial charge in [0.05, 0.1) is 6.42 Å². The molecule has 0 aliphatic carbocycles. The maximum Gasteiger partial charge on any atom is 0.224 e. The topological polar surface area (TPSA) is 29.1 Å². The molecule has 0 atom stereocenters. The summed E-state index contributed by atoms with van der Waals surface area (Å²) in [7, 11) is 0. The van der Waals surface area contributed by atoms with E-state index < -0.39 is 0 Å². The fourth-order valence-electron chi connectivity index (χ4n) is 1.52. The summed E-state index contributed by atoms with van der Waals surface area (Å²) in [5.74, 6) is -0.331. The van der Waals surface area contributed by atoms with Crippen molar-refractivity contribution >= 4 is 28.5 Å².